The zero-order valence-corrected chi connectivity index (χ0v) is 12.2. The summed E-state index contributed by atoms with van der Waals surface area (Å²) in [6.07, 6.45) is 1.51. The van der Waals surface area contributed by atoms with Crippen LogP contribution in [-0.2, 0) is 17.6 Å². The molecule has 0 aliphatic carbocycles. The van der Waals surface area contributed by atoms with Crippen molar-refractivity contribution in [3.05, 3.63) is 45.9 Å². The van der Waals surface area contributed by atoms with Crippen molar-refractivity contribution in [3.63, 3.8) is 0 Å². The average molecular weight is 291 g/mol. The molecule has 0 saturated heterocycles. The summed E-state index contributed by atoms with van der Waals surface area (Å²) in [4.78, 5) is 16.0. The van der Waals surface area contributed by atoms with E-state index in [1.165, 1.54) is 4.88 Å². The maximum Gasteiger partial charge on any atom is 0.303 e. The van der Waals surface area contributed by atoms with E-state index in [9.17, 15) is 4.79 Å². The molecule has 0 bridgehead atoms. The predicted molar refractivity (Wildman–Crippen MR) is 78.4 cm³/mol. The van der Waals surface area contributed by atoms with Gasteiger partial charge in [-0.05, 0) is 31.0 Å². The van der Waals surface area contributed by atoms with Gasteiger partial charge in [0.15, 0.2) is 0 Å². The molecule has 0 spiro atoms. The van der Waals surface area contributed by atoms with Gasteiger partial charge in [0.1, 0.15) is 5.75 Å². The van der Waals surface area contributed by atoms with Gasteiger partial charge in [-0.2, -0.15) is 0 Å². The summed E-state index contributed by atoms with van der Waals surface area (Å²) in [5.74, 6) is 0.0286. The first-order valence-electron chi connectivity index (χ1n) is 6.47. The molecule has 20 heavy (non-hydrogen) atoms. The van der Waals surface area contributed by atoms with Gasteiger partial charge in [-0.1, -0.05) is 12.1 Å². The van der Waals surface area contributed by atoms with Gasteiger partial charge in [0, 0.05) is 17.7 Å². The van der Waals surface area contributed by atoms with Gasteiger partial charge in [-0.15, -0.1) is 11.3 Å². The molecule has 0 aliphatic rings. The van der Waals surface area contributed by atoms with Crippen LogP contribution in [0.4, 0.5) is 0 Å². The fraction of sp³-hybridized carbons (Fsp3) is 0.333. The van der Waals surface area contributed by atoms with Crippen molar-refractivity contribution in [3.8, 4) is 5.75 Å². The minimum absolute atomic E-state index is 0.156. The van der Waals surface area contributed by atoms with Crippen molar-refractivity contribution in [2.45, 2.75) is 26.2 Å². The molecule has 2 aromatic rings. The quantitative estimate of drug-likeness (QED) is 0.851. The highest BCUT2D eigenvalue weighted by Crippen LogP contribution is 2.15. The van der Waals surface area contributed by atoms with Crippen LogP contribution >= 0.6 is 11.3 Å². The van der Waals surface area contributed by atoms with E-state index < -0.39 is 5.97 Å². The van der Waals surface area contributed by atoms with Gasteiger partial charge in [0.25, 0.3) is 0 Å². The standard InChI is InChI=1S/C15H17NO3S/c1-11-14(16-10-20-11)8-9-19-13-5-2-12(3-6-13)4-7-15(17)18/h2-3,5-6,10H,4,7-9H2,1H3,(H,17,18). The minimum atomic E-state index is -0.774. The summed E-state index contributed by atoms with van der Waals surface area (Å²) in [7, 11) is 0. The molecule has 0 radical (unpaired) electrons. The molecule has 1 heterocycles. The van der Waals surface area contributed by atoms with Crippen molar-refractivity contribution in [1.82, 2.24) is 4.98 Å². The lowest BCUT2D eigenvalue weighted by molar-refractivity contribution is -0.136. The molecule has 1 aromatic heterocycles. The van der Waals surface area contributed by atoms with E-state index in [-0.39, 0.29) is 6.42 Å². The number of nitrogens with zero attached hydrogens (tertiary/aromatic N) is 1. The molecule has 2 rings (SSSR count). The number of ether oxygens (including phenoxy) is 1. The third-order valence-electron chi connectivity index (χ3n) is 3.00. The SMILES string of the molecule is Cc1scnc1CCOc1ccc(CCC(=O)O)cc1. The molecule has 0 amide bonds. The van der Waals surface area contributed by atoms with E-state index in [1.54, 1.807) is 11.3 Å². The van der Waals surface area contributed by atoms with E-state index >= 15 is 0 Å². The number of carbonyl (C=O) groups is 1. The Labute approximate surface area is 122 Å². The first kappa shape index (κ1) is 14.5. The topological polar surface area (TPSA) is 59.4 Å². The lowest BCUT2D eigenvalue weighted by atomic mass is 10.1. The van der Waals surface area contributed by atoms with E-state index in [2.05, 4.69) is 11.9 Å². The highest BCUT2D eigenvalue weighted by molar-refractivity contribution is 7.09. The lowest BCUT2D eigenvalue weighted by Crippen LogP contribution is -2.02. The molecule has 106 valence electrons. The van der Waals surface area contributed by atoms with Crippen molar-refractivity contribution in [2.24, 2.45) is 0 Å². The second-order valence-corrected chi connectivity index (χ2v) is 5.55. The van der Waals surface area contributed by atoms with Crippen molar-refractivity contribution in [2.75, 3.05) is 6.61 Å². The predicted octanol–water partition coefficient (Wildman–Crippen LogP) is 3.09. The van der Waals surface area contributed by atoms with Gasteiger partial charge in [-0.25, -0.2) is 4.98 Å². The lowest BCUT2D eigenvalue weighted by Gasteiger charge is -2.06. The van der Waals surface area contributed by atoms with Gasteiger partial charge in [0.2, 0.25) is 0 Å². The molecule has 0 saturated carbocycles. The Hall–Kier alpha value is -1.88. The van der Waals surface area contributed by atoms with Gasteiger partial charge < -0.3 is 9.84 Å². The summed E-state index contributed by atoms with van der Waals surface area (Å²) in [6, 6.07) is 7.58. The zero-order valence-electron chi connectivity index (χ0n) is 11.3. The monoisotopic (exact) mass is 291 g/mol. The Morgan fingerprint density at radius 1 is 1.30 bits per heavy atom. The molecular formula is C15H17NO3S. The van der Waals surface area contributed by atoms with Crippen LogP contribution in [0.2, 0.25) is 0 Å². The Morgan fingerprint density at radius 2 is 2.05 bits per heavy atom. The van der Waals surface area contributed by atoms with Crippen LogP contribution in [0.3, 0.4) is 0 Å². The molecule has 5 heteroatoms. The van der Waals surface area contributed by atoms with E-state index in [4.69, 9.17) is 9.84 Å². The van der Waals surface area contributed by atoms with Crippen LogP contribution in [0.5, 0.6) is 5.75 Å². The number of carboxylic acid groups (broad SMARTS) is 1. The van der Waals surface area contributed by atoms with Crippen LogP contribution in [0, 0.1) is 6.92 Å². The third-order valence-corrected chi connectivity index (χ3v) is 3.80. The summed E-state index contributed by atoms with van der Waals surface area (Å²) in [6.45, 7) is 2.66. The largest absolute Gasteiger partial charge is 0.493 e. The molecule has 1 N–H and O–H groups in total. The first-order valence-corrected chi connectivity index (χ1v) is 7.35. The normalized spacial score (nSPS) is 10.4. The van der Waals surface area contributed by atoms with E-state index in [0.717, 1.165) is 23.4 Å². The fourth-order valence-corrected chi connectivity index (χ4v) is 2.47. The molecule has 4 nitrogen and oxygen atoms in total. The molecule has 0 fully saturated rings. The minimum Gasteiger partial charge on any atom is -0.493 e. The number of thiazole rings is 1. The Balaban J connectivity index is 1.79. The molecule has 0 unspecified atom stereocenters. The average Bonchev–Trinajstić information content (AvgIpc) is 2.83. The van der Waals surface area contributed by atoms with Gasteiger partial charge >= 0.3 is 5.97 Å². The van der Waals surface area contributed by atoms with Gasteiger partial charge in [0.05, 0.1) is 17.8 Å². The number of aromatic nitrogens is 1. The number of aliphatic carboxylic acids is 1. The van der Waals surface area contributed by atoms with Crippen LogP contribution in [0.25, 0.3) is 0 Å². The van der Waals surface area contributed by atoms with Crippen LogP contribution in [0.1, 0.15) is 22.6 Å². The number of carboxylic acids is 1. The van der Waals surface area contributed by atoms with Crippen LogP contribution in [0.15, 0.2) is 29.8 Å². The highest BCUT2D eigenvalue weighted by atomic mass is 32.1. The Morgan fingerprint density at radius 3 is 2.65 bits per heavy atom. The second-order valence-electron chi connectivity index (χ2n) is 4.49. The Bertz CT molecular complexity index is 563. The first-order chi connectivity index (χ1) is 9.65. The number of aryl methyl sites for hydroxylation is 2. The maximum absolute atomic E-state index is 10.5. The number of benzene rings is 1. The van der Waals surface area contributed by atoms with Crippen molar-refractivity contribution >= 4 is 17.3 Å². The maximum atomic E-state index is 10.5. The number of rotatable bonds is 7. The summed E-state index contributed by atoms with van der Waals surface area (Å²) >= 11 is 1.65. The molecular weight excluding hydrogens is 274 g/mol. The van der Waals surface area contributed by atoms with Crippen molar-refractivity contribution in [1.29, 1.82) is 0 Å². The summed E-state index contributed by atoms with van der Waals surface area (Å²) in [5.41, 5.74) is 3.95. The van der Waals surface area contributed by atoms with Crippen LogP contribution < -0.4 is 4.74 Å². The number of hydrogen-bond acceptors (Lipinski definition) is 4. The number of hydrogen-bond donors (Lipinski definition) is 1. The Kier molecular flexibility index (Phi) is 5.12. The molecule has 1 aromatic carbocycles. The van der Waals surface area contributed by atoms with E-state index in [0.29, 0.717) is 13.0 Å². The summed E-state index contributed by atoms with van der Waals surface area (Å²) < 4.78 is 5.66. The zero-order chi connectivity index (χ0) is 14.4. The second kappa shape index (κ2) is 7.05. The fourth-order valence-electron chi connectivity index (χ4n) is 1.84. The van der Waals surface area contributed by atoms with Crippen molar-refractivity contribution < 1.29 is 14.6 Å². The van der Waals surface area contributed by atoms with E-state index in [1.807, 2.05) is 29.8 Å². The smallest absolute Gasteiger partial charge is 0.303 e. The van der Waals surface area contributed by atoms with Crippen LogP contribution in [-0.4, -0.2) is 22.7 Å². The molecule has 0 aliphatic heterocycles. The van der Waals surface area contributed by atoms with Gasteiger partial charge in [-0.3, -0.25) is 4.79 Å². The molecule has 0 atom stereocenters. The highest BCUT2D eigenvalue weighted by Gasteiger charge is 2.03. The summed E-state index contributed by atoms with van der Waals surface area (Å²) in [5, 5.41) is 8.63. The third kappa shape index (κ3) is 4.35.